The molecule has 1 N–H and O–H groups in total. The van der Waals surface area contributed by atoms with Gasteiger partial charge < -0.3 is 9.88 Å². The van der Waals surface area contributed by atoms with E-state index in [9.17, 15) is 4.79 Å². The highest BCUT2D eigenvalue weighted by molar-refractivity contribution is 7.99. The van der Waals surface area contributed by atoms with E-state index in [1.165, 1.54) is 0 Å². The number of hydrogen-bond donors (Lipinski definition) is 1. The van der Waals surface area contributed by atoms with Crippen LogP contribution in [0.25, 0.3) is 10.9 Å². The lowest BCUT2D eigenvalue weighted by Gasteiger charge is -2.30. The molecule has 1 aliphatic rings. The fourth-order valence-electron chi connectivity index (χ4n) is 2.42. The van der Waals surface area contributed by atoms with Crippen LogP contribution < -0.4 is 0 Å². The number of hydrogen-bond acceptors (Lipinski definition) is 2. The maximum atomic E-state index is 12.5. The second kappa shape index (κ2) is 4.69. The van der Waals surface area contributed by atoms with Crippen molar-refractivity contribution < 1.29 is 4.79 Å². The Hall–Kier alpha value is -1.42. The Morgan fingerprint density at radius 2 is 2.28 bits per heavy atom. The summed E-state index contributed by atoms with van der Waals surface area (Å²) >= 11 is 1.94. The van der Waals surface area contributed by atoms with E-state index in [-0.39, 0.29) is 5.91 Å². The summed E-state index contributed by atoms with van der Waals surface area (Å²) < 4.78 is 0. The fraction of sp³-hybridized carbons (Fsp3) is 0.357. The van der Waals surface area contributed by atoms with Gasteiger partial charge in [0.25, 0.3) is 5.91 Å². The lowest BCUT2D eigenvalue weighted by molar-refractivity contribution is 0.0765. The molecule has 0 radical (unpaired) electrons. The van der Waals surface area contributed by atoms with Gasteiger partial charge in [-0.05, 0) is 6.07 Å². The van der Waals surface area contributed by atoms with Crippen LogP contribution in [0, 0.1) is 0 Å². The molecule has 2 heterocycles. The maximum Gasteiger partial charge on any atom is 0.256 e. The molecule has 1 amide bonds. The number of benzene rings is 1. The number of aromatic nitrogens is 1. The molecule has 1 saturated heterocycles. The number of amides is 1. The van der Waals surface area contributed by atoms with E-state index in [1.54, 1.807) is 0 Å². The van der Waals surface area contributed by atoms with Crippen molar-refractivity contribution in [3.05, 3.63) is 36.0 Å². The monoisotopic (exact) mass is 260 g/mol. The lowest BCUT2D eigenvalue weighted by Crippen LogP contribution is -2.40. The Kier molecular flexibility index (Phi) is 3.04. The molecule has 0 spiro atoms. The Morgan fingerprint density at radius 3 is 3.11 bits per heavy atom. The van der Waals surface area contributed by atoms with Crippen LogP contribution in [-0.2, 0) is 0 Å². The van der Waals surface area contributed by atoms with Crippen molar-refractivity contribution in [3.63, 3.8) is 0 Å². The van der Waals surface area contributed by atoms with Crippen molar-refractivity contribution in [2.75, 3.05) is 18.8 Å². The Labute approximate surface area is 111 Å². The highest BCUT2D eigenvalue weighted by atomic mass is 32.2. The summed E-state index contributed by atoms with van der Waals surface area (Å²) in [7, 11) is 0. The minimum Gasteiger partial charge on any atom is -0.360 e. The van der Waals surface area contributed by atoms with E-state index >= 15 is 0 Å². The van der Waals surface area contributed by atoms with Crippen LogP contribution in [0.4, 0.5) is 0 Å². The number of carbonyl (C=O) groups is 1. The second-order valence-corrected chi connectivity index (χ2v) is 6.23. The molecule has 3 rings (SSSR count). The van der Waals surface area contributed by atoms with E-state index in [0.717, 1.165) is 35.3 Å². The number of rotatable bonds is 1. The third kappa shape index (κ3) is 2.01. The van der Waals surface area contributed by atoms with E-state index in [1.807, 2.05) is 47.1 Å². The maximum absolute atomic E-state index is 12.5. The standard InChI is InChI=1S/C14H16N2OS/c1-10-9-16(6-7-18-10)14(17)12-8-15-13-5-3-2-4-11(12)13/h2-5,8,10,15H,6-7,9H2,1H3. The molecule has 1 aliphatic heterocycles. The quantitative estimate of drug-likeness (QED) is 0.856. The van der Waals surface area contributed by atoms with E-state index in [4.69, 9.17) is 0 Å². The van der Waals surface area contributed by atoms with E-state index in [0.29, 0.717) is 5.25 Å². The van der Waals surface area contributed by atoms with Gasteiger partial charge in [0.2, 0.25) is 0 Å². The number of nitrogens with zero attached hydrogens (tertiary/aromatic N) is 1. The van der Waals surface area contributed by atoms with Gasteiger partial charge in [-0.25, -0.2) is 0 Å². The zero-order valence-corrected chi connectivity index (χ0v) is 11.2. The first-order valence-electron chi connectivity index (χ1n) is 6.22. The summed E-state index contributed by atoms with van der Waals surface area (Å²) in [5.41, 5.74) is 1.82. The molecule has 0 saturated carbocycles. The average molecular weight is 260 g/mol. The molecule has 18 heavy (non-hydrogen) atoms. The number of fused-ring (bicyclic) bond motifs is 1. The molecule has 0 bridgehead atoms. The topological polar surface area (TPSA) is 36.1 Å². The Bertz CT molecular complexity index is 578. The lowest BCUT2D eigenvalue weighted by atomic mass is 10.1. The minimum absolute atomic E-state index is 0.152. The molecule has 94 valence electrons. The minimum atomic E-state index is 0.152. The van der Waals surface area contributed by atoms with Crippen molar-refractivity contribution >= 4 is 28.6 Å². The van der Waals surface area contributed by atoms with E-state index in [2.05, 4.69) is 11.9 Å². The van der Waals surface area contributed by atoms with Gasteiger partial charge in [0.05, 0.1) is 5.56 Å². The van der Waals surface area contributed by atoms with E-state index < -0.39 is 0 Å². The normalized spacial score (nSPS) is 20.3. The van der Waals surface area contributed by atoms with Gasteiger partial charge in [0, 0.05) is 41.2 Å². The third-order valence-electron chi connectivity index (χ3n) is 3.35. The molecule has 1 atom stereocenters. The zero-order chi connectivity index (χ0) is 12.5. The number of nitrogens with one attached hydrogen (secondary N) is 1. The number of carbonyl (C=O) groups excluding carboxylic acids is 1. The van der Waals surface area contributed by atoms with Gasteiger partial charge in [-0.3, -0.25) is 4.79 Å². The summed E-state index contributed by atoms with van der Waals surface area (Å²) in [5, 5.41) is 1.56. The number of H-pyrrole nitrogens is 1. The van der Waals surface area contributed by atoms with Crippen LogP contribution in [0.5, 0.6) is 0 Å². The molecule has 4 heteroatoms. The van der Waals surface area contributed by atoms with Gasteiger partial charge in [-0.2, -0.15) is 11.8 Å². The van der Waals surface area contributed by atoms with Crippen LogP contribution in [0.1, 0.15) is 17.3 Å². The van der Waals surface area contributed by atoms with Crippen LogP contribution in [0.2, 0.25) is 0 Å². The van der Waals surface area contributed by atoms with Crippen LogP contribution in [-0.4, -0.2) is 39.9 Å². The molecule has 1 aromatic carbocycles. The smallest absolute Gasteiger partial charge is 0.256 e. The zero-order valence-electron chi connectivity index (χ0n) is 10.3. The highest BCUT2D eigenvalue weighted by Gasteiger charge is 2.23. The molecule has 1 unspecified atom stereocenters. The Morgan fingerprint density at radius 1 is 1.44 bits per heavy atom. The molecule has 0 aliphatic carbocycles. The first-order valence-corrected chi connectivity index (χ1v) is 7.27. The number of aromatic amines is 1. The van der Waals surface area contributed by atoms with Crippen molar-refractivity contribution in [2.45, 2.75) is 12.2 Å². The summed E-state index contributed by atoms with van der Waals surface area (Å²) in [6.45, 7) is 3.88. The highest BCUT2D eigenvalue weighted by Crippen LogP contribution is 2.23. The summed E-state index contributed by atoms with van der Waals surface area (Å²) in [5.74, 6) is 1.19. The van der Waals surface area contributed by atoms with Crippen molar-refractivity contribution in [2.24, 2.45) is 0 Å². The fourth-order valence-corrected chi connectivity index (χ4v) is 3.44. The van der Waals surface area contributed by atoms with Gasteiger partial charge in [-0.1, -0.05) is 25.1 Å². The van der Waals surface area contributed by atoms with Gasteiger partial charge in [-0.15, -0.1) is 0 Å². The first kappa shape index (κ1) is 11.7. The van der Waals surface area contributed by atoms with Gasteiger partial charge in [0.15, 0.2) is 0 Å². The molecule has 1 aromatic heterocycles. The Balaban J connectivity index is 1.92. The van der Waals surface area contributed by atoms with Crippen molar-refractivity contribution in [3.8, 4) is 0 Å². The summed E-state index contributed by atoms with van der Waals surface area (Å²) in [4.78, 5) is 17.7. The van der Waals surface area contributed by atoms with Crippen LogP contribution in [0.3, 0.4) is 0 Å². The molecule has 2 aromatic rings. The van der Waals surface area contributed by atoms with Crippen LogP contribution in [0.15, 0.2) is 30.5 Å². The number of thioether (sulfide) groups is 1. The molecule has 1 fully saturated rings. The first-order chi connectivity index (χ1) is 8.75. The predicted octanol–water partition coefficient (Wildman–Crippen LogP) is 2.75. The summed E-state index contributed by atoms with van der Waals surface area (Å²) in [6, 6.07) is 7.95. The summed E-state index contributed by atoms with van der Waals surface area (Å²) in [6.07, 6.45) is 1.83. The predicted molar refractivity (Wildman–Crippen MR) is 76.1 cm³/mol. The second-order valence-electron chi connectivity index (χ2n) is 4.68. The third-order valence-corrected chi connectivity index (χ3v) is 4.48. The van der Waals surface area contributed by atoms with Gasteiger partial charge in [0.1, 0.15) is 0 Å². The SMILES string of the molecule is CC1CN(C(=O)c2c[nH]c3ccccc23)CCS1. The van der Waals surface area contributed by atoms with Gasteiger partial charge >= 0.3 is 0 Å². The molecular weight excluding hydrogens is 244 g/mol. The molecule has 3 nitrogen and oxygen atoms in total. The molecular formula is C14H16N2OS. The van der Waals surface area contributed by atoms with Crippen molar-refractivity contribution in [1.82, 2.24) is 9.88 Å². The number of para-hydroxylation sites is 1. The average Bonchev–Trinajstić information content (AvgIpc) is 2.82. The van der Waals surface area contributed by atoms with Crippen molar-refractivity contribution in [1.29, 1.82) is 0 Å². The van der Waals surface area contributed by atoms with Crippen LogP contribution >= 0.6 is 11.8 Å². The largest absolute Gasteiger partial charge is 0.360 e.